The maximum atomic E-state index is 12.0. The molecule has 2 rings (SSSR count). The molecule has 0 aromatic heterocycles. The molecule has 9 heteroatoms. The van der Waals surface area contributed by atoms with E-state index in [9.17, 15) is 24.5 Å². The summed E-state index contributed by atoms with van der Waals surface area (Å²) >= 11 is 0. The smallest absolute Gasteiger partial charge is 0.338 e. The van der Waals surface area contributed by atoms with Crippen LogP contribution in [0.1, 0.15) is 48.5 Å². The molecule has 2 N–H and O–H groups in total. The van der Waals surface area contributed by atoms with Crippen LogP contribution in [0.2, 0.25) is 0 Å². The van der Waals surface area contributed by atoms with Crippen LogP contribution >= 0.6 is 0 Å². The van der Waals surface area contributed by atoms with Crippen LogP contribution < -0.4 is 10.6 Å². The van der Waals surface area contributed by atoms with E-state index in [0.29, 0.717) is 11.5 Å². The van der Waals surface area contributed by atoms with E-state index in [4.69, 9.17) is 4.74 Å². The van der Waals surface area contributed by atoms with Gasteiger partial charge in [0.15, 0.2) is 6.61 Å². The van der Waals surface area contributed by atoms with Crippen molar-refractivity contribution in [1.82, 2.24) is 10.6 Å². The third-order valence-electron chi connectivity index (χ3n) is 4.64. The van der Waals surface area contributed by atoms with Crippen LogP contribution in [0, 0.1) is 23.0 Å². The number of hydrogen-bond donors (Lipinski definition) is 2. The Morgan fingerprint density at radius 1 is 1.26 bits per heavy atom. The molecule has 0 spiro atoms. The number of nitrogens with one attached hydrogen (secondary N) is 2. The lowest BCUT2D eigenvalue weighted by Crippen LogP contribution is -2.48. The highest BCUT2D eigenvalue weighted by atomic mass is 16.6. The quantitative estimate of drug-likeness (QED) is 0.461. The molecule has 0 aliphatic heterocycles. The number of benzene rings is 1. The molecule has 2 atom stereocenters. The molecule has 9 nitrogen and oxygen atoms in total. The fraction of sp³-hybridized carbons (Fsp3) is 0.500. The highest BCUT2D eigenvalue weighted by Gasteiger charge is 2.23. The number of amides is 3. The molecule has 146 valence electrons. The first-order valence-electron chi connectivity index (χ1n) is 8.80. The zero-order valence-corrected chi connectivity index (χ0v) is 15.3. The first-order chi connectivity index (χ1) is 12.8. The Labute approximate surface area is 156 Å². The number of nitro benzene ring substituents is 1. The van der Waals surface area contributed by atoms with Gasteiger partial charge in [-0.2, -0.15) is 0 Å². The van der Waals surface area contributed by atoms with Gasteiger partial charge in [-0.1, -0.05) is 19.8 Å². The first kappa shape index (κ1) is 20.3. The number of carbonyl (C=O) groups is 3. The Bertz CT molecular complexity index is 749. The molecule has 1 aromatic rings. The average Bonchev–Trinajstić information content (AvgIpc) is 2.61. The van der Waals surface area contributed by atoms with Gasteiger partial charge in [-0.3, -0.25) is 20.2 Å². The van der Waals surface area contributed by atoms with Crippen LogP contribution in [0.25, 0.3) is 0 Å². The number of esters is 1. The van der Waals surface area contributed by atoms with Crippen LogP contribution in [0.5, 0.6) is 0 Å². The number of aryl methyl sites for hydroxylation is 1. The molecule has 3 amide bonds. The molecule has 0 unspecified atom stereocenters. The van der Waals surface area contributed by atoms with Crippen molar-refractivity contribution >= 4 is 23.6 Å². The lowest BCUT2D eigenvalue weighted by Gasteiger charge is -2.29. The molecule has 1 aliphatic rings. The predicted molar refractivity (Wildman–Crippen MR) is 96.2 cm³/mol. The summed E-state index contributed by atoms with van der Waals surface area (Å²) < 4.78 is 4.86. The monoisotopic (exact) mass is 377 g/mol. The van der Waals surface area contributed by atoms with Gasteiger partial charge >= 0.3 is 12.0 Å². The summed E-state index contributed by atoms with van der Waals surface area (Å²) in [6.45, 7) is 2.93. The van der Waals surface area contributed by atoms with Crippen LogP contribution in [0.15, 0.2) is 18.2 Å². The zero-order valence-electron chi connectivity index (χ0n) is 15.3. The van der Waals surface area contributed by atoms with Crippen molar-refractivity contribution in [3.05, 3.63) is 39.4 Å². The van der Waals surface area contributed by atoms with Crippen molar-refractivity contribution < 1.29 is 24.0 Å². The van der Waals surface area contributed by atoms with E-state index in [-0.39, 0.29) is 17.3 Å². The first-order valence-corrected chi connectivity index (χ1v) is 8.80. The van der Waals surface area contributed by atoms with Gasteiger partial charge in [-0.25, -0.2) is 9.59 Å². The zero-order chi connectivity index (χ0) is 20.0. The normalized spacial score (nSPS) is 19.0. The second kappa shape index (κ2) is 9.11. The van der Waals surface area contributed by atoms with Gasteiger partial charge in [0.05, 0.1) is 10.5 Å². The van der Waals surface area contributed by atoms with E-state index in [2.05, 4.69) is 17.6 Å². The molecule has 27 heavy (non-hydrogen) atoms. The van der Waals surface area contributed by atoms with E-state index in [1.807, 2.05) is 0 Å². The number of nitro groups is 1. The number of hydrogen-bond acceptors (Lipinski definition) is 6. The maximum absolute atomic E-state index is 12.0. The Kier molecular flexibility index (Phi) is 6.86. The molecule has 1 aliphatic carbocycles. The second-order valence-electron chi connectivity index (χ2n) is 6.72. The standard InChI is InChI=1S/C18H23N3O6/c1-11-5-3-4-6-14(11)19-18(24)20-16(22)10-27-17(23)13-7-8-15(21(25)26)12(2)9-13/h7-9,11,14H,3-6,10H2,1-2H3,(H2,19,20,22,24)/t11-,14-/m0/s1. The summed E-state index contributed by atoms with van der Waals surface area (Å²) in [5.41, 5.74) is 0.282. The lowest BCUT2D eigenvalue weighted by atomic mass is 9.86. The predicted octanol–water partition coefficient (Wildman–Crippen LogP) is 2.46. The highest BCUT2D eigenvalue weighted by molar-refractivity contribution is 5.97. The summed E-state index contributed by atoms with van der Waals surface area (Å²) in [7, 11) is 0. The largest absolute Gasteiger partial charge is 0.452 e. The summed E-state index contributed by atoms with van der Waals surface area (Å²) in [5, 5.41) is 15.7. The number of carbonyl (C=O) groups excluding carboxylic acids is 3. The fourth-order valence-corrected chi connectivity index (χ4v) is 3.10. The average molecular weight is 377 g/mol. The van der Waals surface area contributed by atoms with Gasteiger partial charge in [-0.15, -0.1) is 0 Å². The van der Waals surface area contributed by atoms with Gasteiger partial charge in [0.25, 0.3) is 11.6 Å². The number of ether oxygens (including phenoxy) is 1. The van der Waals surface area contributed by atoms with E-state index in [1.165, 1.54) is 25.1 Å². The van der Waals surface area contributed by atoms with Gasteiger partial charge in [-0.05, 0) is 37.8 Å². The molecule has 1 saturated carbocycles. The summed E-state index contributed by atoms with van der Waals surface area (Å²) in [4.78, 5) is 45.9. The minimum Gasteiger partial charge on any atom is -0.452 e. The van der Waals surface area contributed by atoms with Crippen molar-refractivity contribution in [1.29, 1.82) is 0 Å². The van der Waals surface area contributed by atoms with Crippen molar-refractivity contribution in [3.63, 3.8) is 0 Å². The molecule has 0 bridgehead atoms. The number of urea groups is 1. The number of imide groups is 1. The topological polar surface area (TPSA) is 128 Å². The van der Waals surface area contributed by atoms with E-state index in [0.717, 1.165) is 25.7 Å². The lowest BCUT2D eigenvalue weighted by molar-refractivity contribution is -0.385. The minimum atomic E-state index is -0.801. The van der Waals surface area contributed by atoms with Crippen LogP contribution in [0.4, 0.5) is 10.5 Å². The fourth-order valence-electron chi connectivity index (χ4n) is 3.10. The summed E-state index contributed by atoms with van der Waals surface area (Å²) in [5.74, 6) is -1.20. The van der Waals surface area contributed by atoms with Gasteiger partial charge in [0.1, 0.15) is 0 Å². The summed E-state index contributed by atoms with van der Waals surface area (Å²) in [6, 6.07) is 3.18. The Morgan fingerprint density at radius 3 is 2.59 bits per heavy atom. The Hall–Kier alpha value is -2.97. The van der Waals surface area contributed by atoms with Crippen molar-refractivity contribution in [2.45, 2.75) is 45.6 Å². The van der Waals surface area contributed by atoms with Gasteiger partial charge in [0, 0.05) is 17.7 Å². The molecular weight excluding hydrogens is 354 g/mol. The maximum Gasteiger partial charge on any atom is 0.338 e. The van der Waals surface area contributed by atoms with Crippen LogP contribution in [0.3, 0.4) is 0 Å². The molecule has 0 saturated heterocycles. The van der Waals surface area contributed by atoms with Crippen LogP contribution in [-0.2, 0) is 9.53 Å². The van der Waals surface area contributed by atoms with Crippen molar-refractivity contribution in [2.75, 3.05) is 6.61 Å². The second-order valence-corrected chi connectivity index (χ2v) is 6.72. The van der Waals surface area contributed by atoms with E-state index in [1.54, 1.807) is 0 Å². The molecule has 1 fully saturated rings. The number of rotatable bonds is 5. The van der Waals surface area contributed by atoms with E-state index >= 15 is 0 Å². The van der Waals surface area contributed by atoms with Crippen molar-refractivity contribution in [3.8, 4) is 0 Å². The highest BCUT2D eigenvalue weighted by Crippen LogP contribution is 2.23. The molecule has 1 aromatic carbocycles. The van der Waals surface area contributed by atoms with E-state index < -0.39 is 29.4 Å². The third-order valence-corrected chi connectivity index (χ3v) is 4.64. The third kappa shape index (κ3) is 5.77. The minimum absolute atomic E-state index is 0.0252. The Balaban J connectivity index is 1.80. The van der Waals surface area contributed by atoms with Crippen molar-refractivity contribution in [2.24, 2.45) is 5.92 Å². The SMILES string of the molecule is Cc1cc(C(=O)OCC(=O)NC(=O)N[C@H]2CCCC[C@@H]2C)ccc1[N+](=O)[O-]. The number of nitrogens with zero attached hydrogens (tertiary/aromatic N) is 1. The van der Waals surface area contributed by atoms with Gasteiger partial charge in [0.2, 0.25) is 0 Å². The molecule has 0 radical (unpaired) electrons. The molecular formula is C18H23N3O6. The summed E-state index contributed by atoms with van der Waals surface area (Å²) in [6.07, 6.45) is 4.08. The molecule has 0 heterocycles. The Morgan fingerprint density at radius 2 is 1.96 bits per heavy atom. The van der Waals surface area contributed by atoms with Gasteiger partial charge < -0.3 is 10.1 Å². The van der Waals surface area contributed by atoms with Crippen LogP contribution in [-0.4, -0.2) is 35.5 Å².